The van der Waals surface area contributed by atoms with Crippen molar-refractivity contribution in [3.05, 3.63) is 6.42 Å². The molecule has 0 saturated heterocycles. The van der Waals surface area contributed by atoms with Crippen LogP contribution in [0, 0.1) is 12.3 Å². The summed E-state index contributed by atoms with van der Waals surface area (Å²) in [5.41, 5.74) is 0. The first-order valence-electron chi connectivity index (χ1n) is 3.41. The molecule has 0 bridgehead atoms. The van der Waals surface area contributed by atoms with Gasteiger partial charge in [0.05, 0.1) is 0 Å². The Hall–Kier alpha value is -0.480. The van der Waals surface area contributed by atoms with E-state index in [1.54, 1.807) is 0 Å². The van der Waals surface area contributed by atoms with Crippen molar-refractivity contribution in [2.45, 2.75) is 38.7 Å². The van der Waals surface area contributed by atoms with E-state index < -0.39 is 6.10 Å². The highest BCUT2D eigenvalue weighted by Gasteiger charge is 1.95. The van der Waals surface area contributed by atoms with E-state index in [1.807, 2.05) is 5.92 Å². The van der Waals surface area contributed by atoms with Gasteiger partial charge in [-0.1, -0.05) is 25.7 Å². The highest BCUT2D eigenvalue weighted by Crippen LogP contribution is 2.01. The van der Waals surface area contributed by atoms with Crippen molar-refractivity contribution < 1.29 is 5.11 Å². The van der Waals surface area contributed by atoms with Crippen molar-refractivity contribution >= 4 is 0 Å². The average Bonchev–Trinajstić information content (AvgIpc) is 1.89. The molecule has 1 unspecified atom stereocenters. The van der Waals surface area contributed by atoms with Gasteiger partial charge in [0.15, 0.2) is 0 Å². The highest BCUT2D eigenvalue weighted by molar-refractivity contribution is 4.86. The molecule has 0 amide bonds. The minimum Gasteiger partial charge on any atom is -0.380 e. The van der Waals surface area contributed by atoms with Crippen LogP contribution in [0.2, 0.25) is 0 Å². The van der Waals surface area contributed by atoms with Crippen LogP contribution in [0.25, 0.3) is 0 Å². The van der Waals surface area contributed by atoms with E-state index in [-0.39, 0.29) is 0 Å². The molecule has 0 aromatic rings. The summed E-state index contributed by atoms with van der Waals surface area (Å²) in [6.45, 7) is 2.11. The first kappa shape index (κ1) is 8.52. The summed E-state index contributed by atoms with van der Waals surface area (Å²) in [4.78, 5) is 0. The summed E-state index contributed by atoms with van der Waals surface area (Å²) in [7, 11) is 0. The Balaban J connectivity index is 2.99. The molecule has 1 N–H and O–H groups in total. The Morgan fingerprint density at radius 2 is 2.22 bits per heavy atom. The third-order valence-electron chi connectivity index (χ3n) is 1.25. The van der Waals surface area contributed by atoms with Gasteiger partial charge in [-0.05, 0) is 19.3 Å². The molecule has 0 aliphatic carbocycles. The molecule has 0 spiro atoms. The summed E-state index contributed by atoms with van der Waals surface area (Å²) in [6, 6.07) is 0. The monoisotopic (exact) mass is 125 g/mol. The van der Waals surface area contributed by atoms with Gasteiger partial charge in [-0.25, -0.2) is 0 Å². The molecule has 0 aromatic heterocycles. The number of hydrogen-bond acceptors (Lipinski definition) is 1. The molecule has 0 rings (SSSR count). The second-order valence-electron chi connectivity index (χ2n) is 2.16. The van der Waals surface area contributed by atoms with Crippen LogP contribution in [0.5, 0.6) is 0 Å². The van der Waals surface area contributed by atoms with Crippen LogP contribution in [-0.2, 0) is 0 Å². The fraction of sp³-hybridized carbons (Fsp3) is 0.750. The third-order valence-corrected chi connectivity index (χ3v) is 1.25. The van der Waals surface area contributed by atoms with Crippen LogP contribution >= 0.6 is 0 Å². The van der Waals surface area contributed by atoms with Crippen LogP contribution in [0.15, 0.2) is 0 Å². The minimum atomic E-state index is -0.628. The van der Waals surface area contributed by atoms with Crippen molar-refractivity contribution in [1.29, 1.82) is 0 Å². The molecule has 0 fully saturated rings. The first-order valence-corrected chi connectivity index (χ1v) is 3.41. The van der Waals surface area contributed by atoms with E-state index in [4.69, 9.17) is 11.5 Å². The molecule has 1 radical (unpaired) electrons. The van der Waals surface area contributed by atoms with Crippen molar-refractivity contribution in [2.75, 3.05) is 0 Å². The van der Waals surface area contributed by atoms with Crippen molar-refractivity contribution in [3.63, 3.8) is 0 Å². The van der Waals surface area contributed by atoms with Crippen LogP contribution in [0.4, 0.5) is 0 Å². The van der Waals surface area contributed by atoms with Crippen LogP contribution in [-0.4, -0.2) is 11.2 Å². The topological polar surface area (TPSA) is 20.2 Å². The van der Waals surface area contributed by atoms with Gasteiger partial charge in [0, 0.05) is 0 Å². The molecule has 0 aromatic carbocycles. The number of aliphatic hydroxyl groups is 1. The maximum atomic E-state index is 8.79. The molecular formula is C8H13O. The lowest BCUT2D eigenvalue weighted by Crippen LogP contribution is -2.00. The zero-order valence-electron chi connectivity index (χ0n) is 5.85. The van der Waals surface area contributed by atoms with Crippen LogP contribution < -0.4 is 0 Å². The van der Waals surface area contributed by atoms with Gasteiger partial charge >= 0.3 is 0 Å². The molecule has 0 aliphatic heterocycles. The van der Waals surface area contributed by atoms with E-state index in [2.05, 4.69) is 6.92 Å². The van der Waals surface area contributed by atoms with E-state index in [9.17, 15) is 0 Å². The summed E-state index contributed by atoms with van der Waals surface area (Å²) in [5, 5.41) is 8.79. The summed E-state index contributed by atoms with van der Waals surface area (Å²) < 4.78 is 0. The predicted octanol–water partition coefficient (Wildman–Crippen LogP) is 1.52. The van der Waals surface area contributed by atoms with Crippen molar-refractivity contribution in [1.82, 2.24) is 0 Å². The Morgan fingerprint density at radius 3 is 2.67 bits per heavy atom. The van der Waals surface area contributed by atoms with Gasteiger partial charge in [0.1, 0.15) is 6.10 Å². The lowest BCUT2D eigenvalue weighted by Gasteiger charge is -1.99. The minimum absolute atomic E-state index is 0.628. The maximum absolute atomic E-state index is 8.79. The zero-order valence-corrected chi connectivity index (χ0v) is 5.85. The average molecular weight is 125 g/mol. The molecule has 1 nitrogen and oxygen atoms in total. The third kappa shape index (κ3) is 5.39. The molecule has 0 saturated carbocycles. The Morgan fingerprint density at radius 1 is 1.56 bits per heavy atom. The lowest BCUT2D eigenvalue weighted by molar-refractivity contribution is 0.217. The normalized spacial score (nSPS) is 12.6. The number of aliphatic hydroxyl groups excluding tert-OH is 1. The molecule has 0 heterocycles. The fourth-order valence-corrected chi connectivity index (χ4v) is 0.660. The van der Waals surface area contributed by atoms with E-state index in [0.29, 0.717) is 6.42 Å². The second-order valence-corrected chi connectivity index (χ2v) is 2.16. The van der Waals surface area contributed by atoms with Crippen LogP contribution in [0.3, 0.4) is 0 Å². The van der Waals surface area contributed by atoms with Gasteiger partial charge < -0.3 is 5.11 Å². The van der Waals surface area contributed by atoms with Gasteiger partial charge in [0.2, 0.25) is 0 Å². The standard InChI is InChI=1S/C8H13O/c1-3-5-6-7-8(9)4-2/h8-9H,3,5-7H2,1H3. The first-order chi connectivity index (χ1) is 4.31. The summed E-state index contributed by atoms with van der Waals surface area (Å²) >= 11 is 0. The van der Waals surface area contributed by atoms with E-state index in [0.717, 1.165) is 19.3 Å². The Bertz CT molecular complexity index is 91.2. The zero-order chi connectivity index (χ0) is 7.11. The molecule has 9 heavy (non-hydrogen) atoms. The maximum Gasteiger partial charge on any atom is 0.115 e. The van der Waals surface area contributed by atoms with Crippen molar-refractivity contribution in [3.8, 4) is 5.92 Å². The van der Waals surface area contributed by atoms with Gasteiger partial charge in [-0.3, -0.25) is 0 Å². The number of hydrogen-bond donors (Lipinski definition) is 1. The highest BCUT2D eigenvalue weighted by atomic mass is 16.3. The Kier molecular flexibility index (Phi) is 5.35. The summed E-state index contributed by atoms with van der Waals surface area (Å²) in [5.74, 6) is 2.03. The molecule has 51 valence electrons. The number of unbranched alkanes of at least 4 members (excludes halogenated alkanes) is 2. The SMILES string of the molecule is [C]#CC(O)CCCCC. The van der Waals surface area contributed by atoms with Crippen molar-refractivity contribution in [2.24, 2.45) is 0 Å². The molecule has 0 aliphatic rings. The molecule has 1 heteroatoms. The largest absolute Gasteiger partial charge is 0.380 e. The lowest BCUT2D eigenvalue weighted by atomic mass is 10.1. The molecule has 1 atom stereocenters. The smallest absolute Gasteiger partial charge is 0.115 e. The quantitative estimate of drug-likeness (QED) is 0.446. The van der Waals surface area contributed by atoms with Gasteiger partial charge in [0.25, 0.3) is 0 Å². The predicted molar refractivity (Wildman–Crippen MR) is 37.3 cm³/mol. The summed E-state index contributed by atoms with van der Waals surface area (Å²) in [6.07, 6.45) is 9.91. The fourth-order valence-electron chi connectivity index (χ4n) is 0.660. The van der Waals surface area contributed by atoms with Crippen LogP contribution in [0.1, 0.15) is 32.6 Å². The number of rotatable bonds is 4. The second kappa shape index (κ2) is 5.65. The van der Waals surface area contributed by atoms with Gasteiger partial charge in [-0.15, -0.1) is 0 Å². The van der Waals surface area contributed by atoms with Gasteiger partial charge in [-0.2, -0.15) is 0 Å². The molecular weight excluding hydrogens is 112 g/mol. The Labute approximate surface area is 57.1 Å². The van der Waals surface area contributed by atoms with E-state index in [1.165, 1.54) is 0 Å². The van der Waals surface area contributed by atoms with E-state index >= 15 is 0 Å².